The van der Waals surface area contributed by atoms with E-state index < -0.39 is 4.92 Å². The molecule has 8 nitrogen and oxygen atoms in total. The highest BCUT2D eigenvalue weighted by Crippen LogP contribution is 2.33. The van der Waals surface area contributed by atoms with Gasteiger partial charge in [-0.2, -0.15) is 5.26 Å². The van der Waals surface area contributed by atoms with E-state index in [1.165, 1.54) is 25.2 Å². The molecule has 0 heterocycles. The fraction of sp³-hybridized carbons (Fsp3) is 0.125. The first-order chi connectivity index (χ1) is 11.5. The number of nitrogens with one attached hydrogen (secondary N) is 1. The van der Waals surface area contributed by atoms with Crippen LogP contribution in [0.15, 0.2) is 42.5 Å². The molecular formula is C16H13N3O5. The Morgan fingerprint density at radius 1 is 1.29 bits per heavy atom. The first kappa shape index (κ1) is 16.8. The van der Waals surface area contributed by atoms with Crippen LogP contribution in [0.4, 0.5) is 5.69 Å². The Morgan fingerprint density at radius 3 is 2.71 bits per heavy atom. The lowest BCUT2D eigenvalue weighted by Crippen LogP contribution is -2.24. The number of ether oxygens (including phenoxy) is 2. The number of hydrogen-bond donors (Lipinski definition) is 1. The summed E-state index contributed by atoms with van der Waals surface area (Å²) >= 11 is 0. The highest BCUT2D eigenvalue weighted by atomic mass is 16.6. The number of nitriles is 1. The van der Waals surface area contributed by atoms with Crippen molar-refractivity contribution < 1.29 is 19.2 Å². The second-order valence-corrected chi connectivity index (χ2v) is 4.59. The summed E-state index contributed by atoms with van der Waals surface area (Å²) in [6.45, 7) is -0.156. The van der Waals surface area contributed by atoms with Crippen LogP contribution in [-0.4, -0.2) is 24.5 Å². The first-order valence-corrected chi connectivity index (χ1v) is 6.83. The van der Waals surface area contributed by atoms with Crippen LogP contribution < -0.4 is 14.8 Å². The zero-order valence-electron chi connectivity index (χ0n) is 12.7. The van der Waals surface area contributed by atoms with Gasteiger partial charge in [0, 0.05) is 19.2 Å². The standard InChI is InChI=1S/C16H13N3O5/c1-18-16(20)10-23-12-3-2-4-13(8-12)24-15-6-5-11(9-17)7-14(15)19(21)22/h2-8H,10H2,1H3,(H,18,20). The van der Waals surface area contributed by atoms with Crippen LogP contribution in [0.2, 0.25) is 0 Å². The molecule has 8 heteroatoms. The molecule has 2 aromatic rings. The van der Waals surface area contributed by atoms with Crippen LogP contribution in [0.25, 0.3) is 0 Å². The third-order valence-corrected chi connectivity index (χ3v) is 2.97. The van der Waals surface area contributed by atoms with Gasteiger partial charge in [0.05, 0.1) is 16.6 Å². The lowest BCUT2D eigenvalue weighted by Gasteiger charge is -2.09. The molecule has 0 saturated carbocycles. The van der Waals surface area contributed by atoms with E-state index in [4.69, 9.17) is 14.7 Å². The van der Waals surface area contributed by atoms with Crippen molar-refractivity contribution in [1.29, 1.82) is 5.26 Å². The molecule has 0 saturated heterocycles. The number of benzene rings is 2. The monoisotopic (exact) mass is 327 g/mol. The van der Waals surface area contributed by atoms with Gasteiger partial charge in [-0.1, -0.05) is 6.07 Å². The summed E-state index contributed by atoms with van der Waals surface area (Å²) in [5.74, 6) is 0.399. The minimum Gasteiger partial charge on any atom is -0.484 e. The largest absolute Gasteiger partial charge is 0.484 e. The van der Waals surface area contributed by atoms with Gasteiger partial charge < -0.3 is 14.8 Å². The van der Waals surface area contributed by atoms with E-state index >= 15 is 0 Å². The van der Waals surface area contributed by atoms with Crippen molar-refractivity contribution in [3.63, 3.8) is 0 Å². The van der Waals surface area contributed by atoms with Crippen LogP contribution >= 0.6 is 0 Å². The highest BCUT2D eigenvalue weighted by molar-refractivity contribution is 5.77. The number of nitrogens with zero attached hydrogens (tertiary/aromatic N) is 2. The summed E-state index contributed by atoms with van der Waals surface area (Å²) in [7, 11) is 1.50. The average Bonchev–Trinajstić information content (AvgIpc) is 2.60. The van der Waals surface area contributed by atoms with Crippen LogP contribution in [-0.2, 0) is 4.79 Å². The van der Waals surface area contributed by atoms with Crippen molar-refractivity contribution in [3.8, 4) is 23.3 Å². The first-order valence-electron chi connectivity index (χ1n) is 6.83. The van der Waals surface area contributed by atoms with Gasteiger partial charge in [-0.05, 0) is 24.3 Å². The number of nitro groups is 1. The highest BCUT2D eigenvalue weighted by Gasteiger charge is 2.17. The number of hydrogen-bond acceptors (Lipinski definition) is 6. The molecule has 0 radical (unpaired) electrons. The predicted octanol–water partition coefficient (Wildman–Crippen LogP) is 2.38. The SMILES string of the molecule is CNC(=O)COc1cccc(Oc2ccc(C#N)cc2[N+](=O)[O-])c1. The van der Waals surface area contributed by atoms with Gasteiger partial charge in [0.2, 0.25) is 5.75 Å². The molecule has 1 N–H and O–H groups in total. The smallest absolute Gasteiger partial charge is 0.312 e. The Hall–Kier alpha value is -3.60. The number of amides is 1. The molecule has 0 aromatic heterocycles. The molecule has 0 bridgehead atoms. The Bertz CT molecular complexity index is 814. The van der Waals surface area contributed by atoms with Gasteiger partial charge in [0.25, 0.3) is 5.91 Å². The van der Waals surface area contributed by atoms with Gasteiger partial charge >= 0.3 is 5.69 Å². The van der Waals surface area contributed by atoms with Crippen molar-refractivity contribution >= 4 is 11.6 Å². The van der Waals surface area contributed by atoms with E-state index in [2.05, 4.69) is 5.32 Å². The predicted molar refractivity (Wildman–Crippen MR) is 83.9 cm³/mol. The number of rotatable bonds is 6. The second-order valence-electron chi connectivity index (χ2n) is 4.59. The number of likely N-dealkylation sites (N-methyl/N-ethyl adjacent to an activating group) is 1. The zero-order valence-corrected chi connectivity index (χ0v) is 12.7. The molecule has 122 valence electrons. The molecule has 0 aliphatic heterocycles. The molecule has 2 aromatic carbocycles. The van der Waals surface area contributed by atoms with Gasteiger partial charge in [-0.3, -0.25) is 14.9 Å². The van der Waals surface area contributed by atoms with Crippen LogP contribution in [0.3, 0.4) is 0 Å². The second kappa shape index (κ2) is 7.60. The molecule has 2 rings (SSSR count). The zero-order chi connectivity index (χ0) is 17.5. The average molecular weight is 327 g/mol. The lowest BCUT2D eigenvalue weighted by atomic mass is 10.2. The molecular weight excluding hydrogens is 314 g/mol. The third kappa shape index (κ3) is 4.20. The summed E-state index contributed by atoms with van der Waals surface area (Å²) in [6, 6.07) is 12.1. The lowest BCUT2D eigenvalue weighted by molar-refractivity contribution is -0.385. The van der Waals surface area contributed by atoms with E-state index in [1.54, 1.807) is 18.2 Å². The molecule has 0 spiro atoms. The normalized spacial score (nSPS) is 9.67. The third-order valence-electron chi connectivity index (χ3n) is 2.97. The van der Waals surface area contributed by atoms with Gasteiger partial charge in [-0.15, -0.1) is 0 Å². The maximum Gasteiger partial charge on any atom is 0.312 e. The molecule has 0 unspecified atom stereocenters. The minimum absolute atomic E-state index is 0.00227. The number of carbonyl (C=O) groups is 1. The fourth-order valence-corrected chi connectivity index (χ4v) is 1.79. The van der Waals surface area contributed by atoms with Crippen LogP contribution in [0, 0.1) is 21.4 Å². The summed E-state index contributed by atoms with van der Waals surface area (Å²) in [5.41, 5.74) is -0.151. The van der Waals surface area contributed by atoms with Crippen LogP contribution in [0.5, 0.6) is 17.2 Å². The van der Waals surface area contributed by atoms with E-state index in [1.807, 2.05) is 6.07 Å². The van der Waals surface area contributed by atoms with Gasteiger partial charge in [0.1, 0.15) is 11.5 Å². The summed E-state index contributed by atoms with van der Waals surface area (Å²) < 4.78 is 10.8. The molecule has 0 atom stereocenters. The number of carbonyl (C=O) groups excluding carboxylic acids is 1. The topological polar surface area (TPSA) is 114 Å². The van der Waals surface area contributed by atoms with Crippen LogP contribution in [0.1, 0.15) is 5.56 Å². The molecule has 0 fully saturated rings. The Kier molecular flexibility index (Phi) is 5.31. The molecule has 0 aliphatic carbocycles. The minimum atomic E-state index is -0.623. The van der Waals surface area contributed by atoms with Crippen molar-refractivity contribution in [2.75, 3.05) is 13.7 Å². The Morgan fingerprint density at radius 2 is 2.04 bits per heavy atom. The molecule has 24 heavy (non-hydrogen) atoms. The maximum absolute atomic E-state index is 11.2. The summed E-state index contributed by atoms with van der Waals surface area (Å²) in [4.78, 5) is 21.7. The van der Waals surface area contributed by atoms with E-state index in [0.717, 1.165) is 6.07 Å². The van der Waals surface area contributed by atoms with Crippen molar-refractivity contribution in [2.24, 2.45) is 0 Å². The quantitative estimate of drug-likeness (QED) is 0.643. The maximum atomic E-state index is 11.2. The molecule has 0 aliphatic rings. The Labute approximate surface area is 137 Å². The summed E-state index contributed by atoms with van der Waals surface area (Å²) in [6.07, 6.45) is 0. The van der Waals surface area contributed by atoms with Crippen molar-refractivity contribution in [1.82, 2.24) is 5.32 Å². The van der Waals surface area contributed by atoms with E-state index in [-0.39, 0.29) is 29.5 Å². The van der Waals surface area contributed by atoms with Crippen molar-refractivity contribution in [3.05, 3.63) is 58.1 Å². The summed E-state index contributed by atoms with van der Waals surface area (Å²) in [5, 5.41) is 22.4. The van der Waals surface area contributed by atoms with Gasteiger partial charge in [-0.25, -0.2) is 0 Å². The van der Waals surface area contributed by atoms with Crippen molar-refractivity contribution in [2.45, 2.75) is 0 Å². The molecule has 1 amide bonds. The number of nitro benzene ring substituents is 1. The van der Waals surface area contributed by atoms with E-state index in [0.29, 0.717) is 11.5 Å². The van der Waals surface area contributed by atoms with E-state index in [9.17, 15) is 14.9 Å². The van der Waals surface area contributed by atoms with Gasteiger partial charge in [0.15, 0.2) is 6.61 Å². The Balaban J connectivity index is 2.21. The fourth-order valence-electron chi connectivity index (χ4n) is 1.79.